The van der Waals surface area contributed by atoms with Crippen LogP contribution in [-0.2, 0) is 4.79 Å². The number of rotatable bonds is 2. The average Bonchev–Trinajstić information content (AvgIpc) is 2.57. The van der Waals surface area contributed by atoms with Gasteiger partial charge in [-0.05, 0) is 51.5 Å². The third-order valence-corrected chi connectivity index (χ3v) is 4.34. The summed E-state index contributed by atoms with van der Waals surface area (Å²) < 4.78 is 5.81. The SMILES string of the molecule is COc1c(Cl)cc(/C=C2\SC(=O)N(C)C2=O)cc1Br. The van der Waals surface area contributed by atoms with Gasteiger partial charge in [0.05, 0.1) is 21.5 Å². The van der Waals surface area contributed by atoms with E-state index in [-0.39, 0.29) is 11.1 Å². The Morgan fingerprint density at radius 1 is 1.42 bits per heavy atom. The van der Waals surface area contributed by atoms with Crippen LogP contribution >= 0.6 is 39.3 Å². The molecule has 1 aliphatic heterocycles. The minimum Gasteiger partial charge on any atom is -0.494 e. The third-order valence-electron chi connectivity index (χ3n) is 2.51. The van der Waals surface area contributed by atoms with Gasteiger partial charge in [-0.1, -0.05) is 11.6 Å². The lowest BCUT2D eigenvalue weighted by Gasteiger charge is -2.07. The van der Waals surface area contributed by atoms with E-state index >= 15 is 0 Å². The Hall–Kier alpha value is -0.980. The van der Waals surface area contributed by atoms with Crippen LogP contribution in [0.15, 0.2) is 21.5 Å². The van der Waals surface area contributed by atoms with E-state index in [1.165, 1.54) is 14.2 Å². The molecular weight excluding hydrogens is 354 g/mol. The van der Waals surface area contributed by atoms with Gasteiger partial charge in [0.2, 0.25) is 0 Å². The molecule has 0 radical (unpaired) electrons. The van der Waals surface area contributed by atoms with Crippen LogP contribution in [0.25, 0.3) is 6.08 Å². The predicted octanol–water partition coefficient (Wildman–Crippen LogP) is 3.78. The topological polar surface area (TPSA) is 46.6 Å². The molecule has 1 aliphatic rings. The fourth-order valence-corrected chi connectivity index (χ4v) is 3.44. The predicted molar refractivity (Wildman–Crippen MR) is 79.4 cm³/mol. The summed E-state index contributed by atoms with van der Waals surface area (Å²) in [5, 5.41) is 0.147. The van der Waals surface area contributed by atoms with E-state index in [2.05, 4.69) is 15.9 Å². The molecule has 4 nitrogen and oxygen atoms in total. The Labute approximate surface area is 127 Å². The number of methoxy groups -OCH3 is 1. The fraction of sp³-hybridized carbons (Fsp3) is 0.167. The summed E-state index contributed by atoms with van der Waals surface area (Å²) in [6.45, 7) is 0. The van der Waals surface area contributed by atoms with Crippen molar-refractivity contribution in [2.24, 2.45) is 0 Å². The summed E-state index contributed by atoms with van der Waals surface area (Å²) in [6, 6.07) is 3.45. The van der Waals surface area contributed by atoms with E-state index in [1.54, 1.807) is 18.2 Å². The van der Waals surface area contributed by atoms with Gasteiger partial charge < -0.3 is 4.74 Å². The van der Waals surface area contributed by atoms with Crippen molar-refractivity contribution >= 4 is 56.5 Å². The molecule has 19 heavy (non-hydrogen) atoms. The molecule has 7 heteroatoms. The van der Waals surface area contributed by atoms with Gasteiger partial charge in [0, 0.05) is 7.05 Å². The van der Waals surface area contributed by atoms with Gasteiger partial charge in [-0.25, -0.2) is 0 Å². The summed E-state index contributed by atoms with van der Waals surface area (Å²) in [7, 11) is 2.98. The lowest BCUT2D eigenvalue weighted by atomic mass is 10.2. The van der Waals surface area contributed by atoms with Crippen molar-refractivity contribution in [1.82, 2.24) is 4.90 Å². The largest absolute Gasteiger partial charge is 0.494 e. The number of hydrogen-bond donors (Lipinski definition) is 0. The van der Waals surface area contributed by atoms with Crippen LogP contribution in [0.2, 0.25) is 5.02 Å². The number of nitrogens with zero attached hydrogens (tertiary/aromatic N) is 1. The molecule has 1 saturated heterocycles. The molecule has 0 unspecified atom stereocenters. The maximum atomic E-state index is 11.8. The Kier molecular flexibility index (Phi) is 4.23. The van der Waals surface area contributed by atoms with Crippen LogP contribution in [0.4, 0.5) is 4.79 Å². The lowest BCUT2D eigenvalue weighted by Crippen LogP contribution is -2.22. The summed E-state index contributed by atoms with van der Waals surface area (Å²) >= 11 is 10.3. The molecule has 0 atom stereocenters. The normalized spacial score (nSPS) is 17.5. The molecule has 1 aromatic rings. The first-order chi connectivity index (χ1) is 8.93. The van der Waals surface area contributed by atoms with Crippen LogP contribution in [0.3, 0.4) is 0 Å². The summed E-state index contributed by atoms with van der Waals surface area (Å²) in [5.74, 6) is 0.223. The van der Waals surface area contributed by atoms with Crippen LogP contribution < -0.4 is 4.74 Å². The minimum atomic E-state index is -0.307. The highest BCUT2D eigenvalue weighted by atomic mass is 79.9. The maximum absolute atomic E-state index is 11.8. The van der Waals surface area contributed by atoms with Gasteiger partial charge in [0.15, 0.2) is 5.75 Å². The highest BCUT2D eigenvalue weighted by Gasteiger charge is 2.31. The Morgan fingerprint density at radius 3 is 2.58 bits per heavy atom. The lowest BCUT2D eigenvalue weighted by molar-refractivity contribution is -0.121. The first-order valence-electron chi connectivity index (χ1n) is 5.18. The van der Waals surface area contributed by atoms with E-state index in [4.69, 9.17) is 16.3 Å². The van der Waals surface area contributed by atoms with Crippen LogP contribution in [0.1, 0.15) is 5.56 Å². The van der Waals surface area contributed by atoms with Gasteiger partial charge in [-0.3, -0.25) is 14.5 Å². The monoisotopic (exact) mass is 361 g/mol. The van der Waals surface area contributed by atoms with Gasteiger partial charge in [-0.2, -0.15) is 0 Å². The third kappa shape index (κ3) is 2.80. The zero-order valence-electron chi connectivity index (χ0n) is 10.1. The highest BCUT2D eigenvalue weighted by Crippen LogP contribution is 2.36. The smallest absolute Gasteiger partial charge is 0.293 e. The van der Waals surface area contributed by atoms with E-state index in [0.717, 1.165) is 22.2 Å². The van der Waals surface area contributed by atoms with Crippen LogP contribution in [0.5, 0.6) is 5.75 Å². The van der Waals surface area contributed by atoms with Crippen molar-refractivity contribution < 1.29 is 14.3 Å². The number of carbonyl (C=O) groups is 2. The second-order valence-electron chi connectivity index (χ2n) is 3.76. The average molecular weight is 363 g/mol. The van der Waals surface area contributed by atoms with Crippen molar-refractivity contribution in [2.75, 3.05) is 14.2 Å². The molecule has 100 valence electrons. The number of halogens is 2. The van der Waals surface area contributed by atoms with Crippen molar-refractivity contribution in [3.8, 4) is 5.75 Å². The standard InChI is InChI=1S/C12H9BrClNO3S/c1-15-11(16)9(19-12(15)17)5-6-3-7(13)10(18-2)8(14)4-6/h3-5H,1-2H3/b9-5-. The summed E-state index contributed by atoms with van der Waals surface area (Å²) in [6.07, 6.45) is 1.63. The molecule has 0 aliphatic carbocycles. The van der Waals surface area contributed by atoms with E-state index in [1.807, 2.05) is 0 Å². The Balaban J connectivity index is 2.40. The van der Waals surface area contributed by atoms with Crippen LogP contribution in [-0.4, -0.2) is 30.2 Å². The molecule has 0 saturated carbocycles. The molecule has 1 heterocycles. The molecule has 0 N–H and O–H groups in total. The van der Waals surface area contributed by atoms with Gasteiger partial charge >= 0.3 is 0 Å². The van der Waals surface area contributed by atoms with Crippen molar-refractivity contribution in [2.45, 2.75) is 0 Å². The molecular formula is C12H9BrClNO3S. The van der Waals surface area contributed by atoms with Crippen LogP contribution in [0, 0.1) is 0 Å². The minimum absolute atomic E-state index is 0.282. The molecule has 2 rings (SSSR count). The Bertz CT molecular complexity index is 580. The highest BCUT2D eigenvalue weighted by molar-refractivity contribution is 9.10. The first kappa shape index (κ1) is 14.4. The summed E-state index contributed by atoms with van der Waals surface area (Å²) in [5.41, 5.74) is 0.719. The first-order valence-corrected chi connectivity index (χ1v) is 7.17. The maximum Gasteiger partial charge on any atom is 0.293 e. The van der Waals surface area contributed by atoms with E-state index in [0.29, 0.717) is 20.2 Å². The molecule has 0 aromatic heterocycles. The molecule has 1 aromatic carbocycles. The van der Waals surface area contributed by atoms with Gasteiger partial charge in [0.1, 0.15) is 0 Å². The number of imide groups is 1. The number of benzene rings is 1. The zero-order chi connectivity index (χ0) is 14.2. The second-order valence-corrected chi connectivity index (χ2v) is 6.01. The zero-order valence-corrected chi connectivity index (χ0v) is 13.2. The van der Waals surface area contributed by atoms with Crippen molar-refractivity contribution in [3.05, 3.63) is 32.1 Å². The fourth-order valence-electron chi connectivity index (χ4n) is 1.55. The van der Waals surface area contributed by atoms with E-state index < -0.39 is 0 Å². The number of ether oxygens (including phenoxy) is 1. The quantitative estimate of drug-likeness (QED) is 0.751. The molecule has 0 spiro atoms. The van der Waals surface area contributed by atoms with Crippen molar-refractivity contribution in [3.63, 3.8) is 0 Å². The number of amides is 2. The van der Waals surface area contributed by atoms with Gasteiger partial charge in [-0.15, -0.1) is 0 Å². The second kappa shape index (κ2) is 5.56. The Morgan fingerprint density at radius 2 is 2.11 bits per heavy atom. The molecule has 0 bridgehead atoms. The van der Waals surface area contributed by atoms with Crippen molar-refractivity contribution in [1.29, 1.82) is 0 Å². The number of thioether (sulfide) groups is 1. The number of hydrogen-bond acceptors (Lipinski definition) is 4. The number of likely N-dealkylation sites (N-methyl/N-ethyl adjacent to an activating group) is 1. The van der Waals surface area contributed by atoms with Gasteiger partial charge in [0.25, 0.3) is 11.1 Å². The number of carbonyl (C=O) groups excluding carboxylic acids is 2. The molecule has 2 amide bonds. The molecule has 1 fully saturated rings. The van der Waals surface area contributed by atoms with E-state index in [9.17, 15) is 9.59 Å². The summed E-state index contributed by atoms with van der Waals surface area (Å²) in [4.78, 5) is 24.6.